The number of pyridine rings is 6. The van der Waals surface area contributed by atoms with Crippen molar-refractivity contribution in [3.8, 4) is 5.88 Å². The van der Waals surface area contributed by atoms with Crippen molar-refractivity contribution in [3.05, 3.63) is 302 Å². The van der Waals surface area contributed by atoms with Crippen molar-refractivity contribution >= 4 is 179 Å². The van der Waals surface area contributed by atoms with E-state index in [0.717, 1.165) is 28.4 Å². The molecule has 0 saturated heterocycles. The number of rotatable bonds is 30. The minimum absolute atomic E-state index is 0.241. The van der Waals surface area contributed by atoms with Crippen LogP contribution in [0.4, 0.5) is 132 Å². The van der Waals surface area contributed by atoms with Gasteiger partial charge < -0.3 is 79.6 Å². The molecular weight excluding hydrogens is 1750 g/mol. The lowest BCUT2D eigenvalue weighted by Crippen LogP contribution is -2.28. The Bertz CT molecular complexity index is 6270. The van der Waals surface area contributed by atoms with Gasteiger partial charge in [0.05, 0.1) is 93.3 Å². The van der Waals surface area contributed by atoms with Gasteiger partial charge in [-0.25, -0.2) is 68.8 Å². The normalized spacial score (nSPS) is 10.1. The van der Waals surface area contributed by atoms with Gasteiger partial charge in [0.25, 0.3) is 29.5 Å². The molecule has 0 saturated carbocycles. The predicted molar refractivity (Wildman–Crippen MR) is 522 cm³/mol. The fraction of sp³-hybridized carbons (Fsp3) is 0.130. The predicted octanol–water partition coefficient (Wildman–Crippen LogP) is 15.3. The number of aryl methyl sites for hydroxylation is 1. The summed E-state index contributed by atoms with van der Waals surface area (Å²) in [5.41, 5.74) is 14.2. The van der Waals surface area contributed by atoms with Gasteiger partial charge in [-0.1, -0.05) is 91.0 Å². The second-order valence-corrected chi connectivity index (χ2v) is 28.5. The fourth-order valence-electron chi connectivity index (χ4n) is 11.5. The van der Waals surface area contributed by atoms with Crippen molar-refractivity contribution in [2.75, 3.05) is 114 Å². The highest BCUT2D eigenvalue weighted by molar-refractivity contribution is 7.13. The van der Waals surface area contributed by atoms with E-state index in [4.69, 9.17) is 10.5 Å². The minimum Gasteiger partial charge on any atom is -0.481 e. The smallest absolute Gasteiger partial charge is 0.320 e. The maximum atomic E-state index is 12.9. The lowest BCUT2D eigenvalue weighted by molar-refractivity contribution is 0.0995. The number of hydrogen-bond donors (Lipinski definition) is 20. The SMILES string of the molecule is CCNC(=O)Nc1cc(Nc2ccccc2)c(C(=O)Nc2ccc(OC)nc2)cn1.CCNC(=O)Nc1cc(Nc2ccccc2)c(C(=O)Nc2ccn(C)n2)cn1.CCNC(=O)Nc1cc(Nc2ccccc2)c(C(=O)Nc2cncnc2)cn1.CCNC(=O)Nc1cc(Nc2ccccc2)c(C(=O)Nc2nccs2)cn1.CCNC(=O)Nc1cc(Nc2ccccc2)c(C(N)=O)cn1. The Kier molecular flexibility index (Phi) is 38.0. The fourth-order valence-corrected chi connectivity index (χ4v) is 12.0. The van der Waals surface area contributed by atoms with Gasteiger partial charge in [0.1, 0.15) is 35.4 Å². The standard InChI is InChI=1S/C21H22N6O3.C19H21N7O2.C19H19N7O2.C18H18N6O2S.C15H17N5O2/c1-3-22-21(29)27-18-11-17(25-14-7-5-4-6-8-14)16(13-23-18)20(28)26-15-9-10-19(30-2)24-12-15;1-3-20-19(28)24-17-11-15(22-13-7-5-4-6-8-13)14(12-21-17)18(27)23-16-9-10-26(2)25-16;1-2-22-19(28)26-17-8-16(24-13-6-4-3-5-7-13)15(11-23-17)18(27)25-14-9-20-12-21-10-14;1-2-19-17(26)23-15-10-14(22-12-6-4-3-5-7-12)13(11-21-15)16(25)24-18-20-8-9-27-18;1-2-17-15(22)20-13-8-12(11(9-18-13)14(16)21)19-10-6-4-3-5-7-10/h4-13H,3H2,1-2H3,(H,26,28)(H3,22,23,25,27,29);4-12H,3H2,1-2H3,(H,23,25,27)(H3,20,21,22,24,28);3-12H,2H2,1H3,(H,25,27)(H3,22,23,24,26,28);3-11H,2H2,1H3,(H,20,24,25)(H3,19,21,22,23,26);3-9H,2H2,1H3,(H2,16,21)(H3,17,18,19,20,22). The Balaban J connectivity index is 0.000000175. The van der Waals surface area contributed by atoms with Crippen molar-refractivity contribution in [1.29, 1.82) is 0 Å². The summed E-state index contributed by atoms with van der Waals surface area (Å²) in [5, 5.41) is 59.5. The molecule has 43 heteroatoms. The highest BCUT2D eigenvalue weighted by Gasteiger charge is 2.22. The van der Waals surface area contributed by atoms with Gasteiger partial charge in [-0.2, -0.15) is 5.10 Å². The van der Waals surface area contributed by atoms with Crippen molar-refractivity contribution in [1.82, 2.24) is 81.2 Å². The molecule has 0 bridgehead atoms. The van der Waals surface area contributed by atoms with Crippen LogP contribution in [-0.2, 0) is 7.05 Å². The lowest BCUT2D eigenvalue weighted by atomic mass is 10.2. The molecule has 14 rings (SSSR count). The highest BCUT2D eigenvalue weighted by atomic mass is 32.1. The molecule has 0 radical (unpaired) electrons. The van der Waals surface area contributed by atoms with Crippen LogP contribution in [0.15, 0.2) is 274 Å². The number of hydrogen-bond acceptors (Lipinski definition) is 27. The molecule has 42 nitrogen and oxygen atoms in total. The van der Waals surface area contributed by atoms with E-state index in [0.29, 0.717) is 141 Å². The highest BCUT2D eigenvalue weighted by Crippen LogP contribution is 2.31. The maximum Gasteiger partial charge on any atom is 0.320 e. The van der Waals surface area contributed by atoms with E-state index in [9.17, 15) is 47.9 Å². The quantitative estimate of drug-likeness (QED) is 0.0199. The molecule has 21 N–H and O–H groups in total. The summed E-state index contributed by atoms with van der Waals surface area (Å²) in [6.07, 6.45) is 16.2. The first-order valence-corrected chi connectivity index (χ1v) is 42.5. The van der Waals surface area contributed by atoms with Gasteiger partial charge in [0.2, 0.25) is 5.88 Å². The first kappa shape index (κ1) is 98.6. The summed E-state index contributed by atoms with van der Waals surface area (Å²) in [4.78, 5) is 158. The number of primary amides is 1. The summed E-state index contributed by atoms with van der Waals surface area (Å²) in [5.74, 6) is 0.377. The van der Waals surface area contributed by atoms with Crippen LogP contribution in [0.2, 0.25) is 0 Å². The number of urea groups is 5. The third-order valence-electron chi connectivity index (χ3n) is 17.6. The molecule has 15 amide bonds. The first-order valence-electron chi connectivity index (χ1n) is 41.6. The number of benzene rings is 5. The number of methoxy groups -OCH3 is 1. The van der Waals surface area contributed by atoms with Crippen LogP contribution in [0, 0.1) is 0 Å². The molecule has 0 fully saturated rings. The number of nitrogens with two attached hydrogens (primary N) is 1. The van der Waals surface area contributed by atoms with Gasteiger partial charge in [0, 0.05) is 159 Å². The summed E-state index contributed by atoms with van der Waals surface area (Å²) >= 11 is 1.32. The number of carbonyl (C=O) groups is 10. The Labute approximate surface area is 778 Å². The van der Waals surface area contributed by atoms with E-state index >= 15 is 0 Å². The number of aromatic nitrogens is 11. The number of thiazole rings is 1. The topological polar surface area (TPSA) is 568 Å². The average Bonchev–Trinajstić information content (AvgIpc) is 1.82. The summed E-state index contributed by atoms with van der Waals surface area (Å²) in [6.45, 7) is 11.5. The summed E-state index contributed by atoms with van der Waals surface area (Å²) < 4.78 is 6.62. The molecule has 5 aromatic carbocycles. The zero-order chi connectivity index (χ0) is 96.1. The zero-order valence-electron chi connectivity index (χ0n) is 73.9. The van der Waals surface area contributed by atoms with Crippen molar-refractivity contribution in [2.45, 2.75) is 34.6 Å². The van der Waals surface area contributed by atoms with Crippen molar-refractivity contribution in [2.24, 2.45) is 12.8 Å². The molecule has 0 atom stereocenters. The maximum absolute atomic E-state index is 12.9. The molecule has 14 aromatic rings. The Morgan fingerprint density at radius 1 is 0.326 bits per heavy atom. The molecule has 9 aromatic heterocycles. The third-order valence-corrected chi connectivity index (χ3v) is 18.2. The van der Waals surface area contributed by atoms with Crippen molar-refractivity contribution in [3.63, 3.8) is 0 Å². The molecule has 0 aliphatic rings. The van der Waals surface area contributed by atoms with Crippen LogP contribution in [0.25, 0.3) is 0 Å². The largest absolute Gasteiger partial charge is 0.481 e. The van der Waals surface area contributed by atoms with Gasteiger partial charge >= 0.3 is 30.2 Å². The number of ether oxygens (including phenoxy) is 1. The monoisotopic (exact) mass is 1840 g/mol. The van der Waals surface area contributed by atoms with Crippen LogP contribution >= 0.6 is 11.3 Å². The Hall–Kier alpha value is -18.6. The van der Waals surface area contributed by atoms with Crippen molar-refractivity contribution < 1.29 is 52.7 Å². The number of nitrogens with zero attached hydrogens (tertiary/aromatic N) is 11. The molecular formula is C92H97N31O11S. The van der Waals surface area contributed by atoms with E-state index in [1.807, 2.05) is 186 Å². The summed E-state index contributed by atoms with van der Waals surface area (Å²) in [6, 6.07) is 58.0. The first-order chi connectivity index (χ1) is 65.5. The van der Waals surface area contributed by atoms with Gasteiger partial charge in [-0.15, -0.1) is 11.3 Å². The van der Waals surface area contributed by atoms with E-state index in [2.05, 4.69) is 151 Å². The number of para-hydroxylation sites is 5. The number of carbonyl (C=O) groups excluding carboxylic acids is 10. The summed E-state index contributed by atoms with van der Waals surface area (Å²) in [7, 11) is 3.28. The Morgan fingerprint density at radius 3 is 0.919 bits per heavy atom. The lowest BCUT2D eigenvalue weighted by Gasteiger charge is -2.14. The van der Waals surface area contributed by atoms with Crippen LogP contribution in [0.1, 0.15) is 86.4 Å². The Morgan fingerprint density at radius 2 is 0.637 bits per heavy atom. The number of amides is 15. The van der Waals surface area contributed by atoms with Gasteiger partial charge in [-0.3, -0.25) is 60.6 Å². The van der Waals surface area contributed by atoms with E-state index < -0.39 is 5.91 Å². The van der Waals surface area contributed by atoms with Crippen LogP contribution in [0.3, 0.4) is 0 Å². The number of nitrogens with one attached hydrogen (secondary N) is 19. The molecule has 0 unspecified atom stereocenters. The molecule has 692 valence electrons. The van der Waals surface area contributed by atoms with Crippen LogP contribution in [0.5, 0.6) is 5.88 Å². The van der Waals surface area contributed by atoms with Gasteiger partial charge in [-0.05, 0) is 101 Å². The zero-order valence-corrected chi connectivity index (χ0v) is 74.7. The van der Waals surface area contributed by atoms with Gasteiger partial charge in [0.15, 0.2) is 10.9 Å². The molecule has 135 heavy (non-hydrogen) atoms. The second-order valence-electron chi connectivity index (χ2n) is 27.6. The van der Waals surface area contributed by atoms with Crippen LogP contribution in [-0.4, -0.2) is 154 Å². The van der Waals surface area contributed by atoms with Crippen LogP contribution < -0.4 is 111 Å². The van der Waals surface area contributed by atoms with E-state index in [-0.39, 0.29) is 59.3 Å². The third kappa shape index (κ3) is 32.6. The minimum atomic E-state index is -0.601. The molecule has 9 heterocycles. The molecule has 0 spiro atoms. The van der Waals surface area contributed by atoms with E-state index in [1.165, 1.54) is 74.3 Å². The molecule has 0 aliphatic heterocycles. The number of anilines is 19. The molecule has 0 aliphatic carbocycles. The van der Waals surface area contributed by atoms with E-state index in [1.54, 1.807) is 78.0 Å². The average molecular weight is 1850 g/mol. The second kappa shape index (κ2) is 52.0.